The average Bonchev–Trinajstić information content (AvgIpc) is 2.52. The summed E-state index contributed by atoms with van der Waals surface area (Å²) >= 11 is 0. The number of ether oxygens (including phenoxy) is 1. The van der Waals surface area contributed by atoms with Gasteiger partial charge in [0, 0.05) is 24.6 Å². The number of carbonyl (C=O) groups excluding carboxylic acids is 2. The number of nitrogens with zero attached hydrogens (tertiary/aromatic N) is 1. The molecule has 0 saturated carbocycles. The van der Waals surface area contributed by atoms with Crippen molar-refractivity contribution < 1.29 is 27.5 Å². The lowest BCUT2D eigenvalue weighted by Crippen LogP contribution is -2.53. The number of carbonyl (C=O) groups is 2. The second kappa shape index (κ2) is 8.01. The van der Waals surface area contributed by atoms with E-state index in [-0.39, 0.29) is 37.2 Å². The Morgan fingerprint density at radius 1 is 1.25 bits per heavy atom. The van der Waals surface area contributed by atoms with Crippen molar-refractivity contribution in [3.05, 3.63) is 23.3 Å². The van der Waals surface area contributed by atoms with Crippen LogP contribution < -0.4 is 15.0 Å². The highest BCUT2D eigenvalue weighted by atomic mass is 19.4. The van der Waals surface area contributed by atoms with Crippen LogP contribution >= 0.6 is 0 Å². The van der Waals surface area contributed by atoms with Crippen LogP contribution in [0, 0.1) is 6.92 Å². The lowest BCUT2D eigenvalue weighted by molar-refractivity contribution is -0.135. The summed E-state index contributed by atoms with van der Waals surface area (Å²) in [5.74, 6) is -0.172. The smallest absolute Gasteiger partial charge is 0.389 e. The Labute approximate surface area is 163 Å². The van der Waals surface area contributed by atoms with Crippen molar-refractivity contribution in [2.75, 3.05) is 11.4 Å². The molecule has 28 heavy (non-hydrogen) atoms. The van der Waals surface area contributed by atoms with Crippen LogP contribution in [-0.4, -0.2) is 36.2 Å². The van der Waals surface area contributed by atoms with Gasteiger partial charge in [-0.2, -0.15) is 13.2 Å². The van der Waals surface area contributed by atoms with Gasteiger partial charge in [0.15, 0.2) is 5.60 Å². The molecule has 156 valence electrons. The second-order valence-corrected chi connectivity index (χ2v) is 7.90. The van der Waals surface area contributed by atoms with Crippen molar-refractivity contribution in [1.29, 1.82) is 0 Å². The van der Waals surface area contributed by atoms with Crippen LogP contribution in [0.5, 0.6) is 5.75 Å². The van der Waals surface area contributed by atoms with Crippen LogP contribution in [0.4, 0.5) is 18.9 Å². The molecule has 5 nitrogen and oxygen atoms in total. The third-order valence-corrected chi connectivity index (χ3v) is 4.48. The van der Waals surface area contributed by atoms with Crippen molar-refractivity contribution in [1.82, 2.24) is 5.32 Å². The molecule has 1 aromatic carbocycles. The standard InChI is InChI=1S/C20H27F3N2O3/c1-12(2)24-17(26)14-11-15-16(10-13(14)3)28-19(4,5)18(27)25(15)9-7-6-8-20(21,22)23/h10-12H,6-9H2,1-5H3,(H,24,26). The van der Waals surface area contributed by atoms with Gasteiger partial charge in [0.2, 0.25) is 0 Å². The van der Waals surface area contributed by atoms with E-state index in [4.69, 9.17) is 4.74 Å². The van der Waals surface area contributed by atoms with Gasteiger partial charge in [-0.3, -0.25) is 9.59 Å². The van der Waals surface area contributed by atoms with Gasteiger partial charge in [0.25, 0.3) is 11.8 Å². The molecule has 0 radical (unpaired) electrons. The predicted molar refractivity (Wildman–Crippen MR) is 101 cm³/mol. The Morgan fingerprint density at radius 2 is 1.89 bits per heavy atom. The summed E-state index contributed by atoms with van der Waals surface area (Å²) in [7, 11) is 0. The zero-order chi connectivity index (χ0) is 21.3. The Kier molecular flexibility index (Phi) is 6.31. The number of rotatable bonds is 6. The number of hydrogen-bond acceptors (Lipinski definition) is 3. The molecule has 0 fully saturated rings. The van der Waals surface area contributed by atoms with Gasteiger partial charge in [-0.15, -0.1) is 0 Å². The summed E-state index contributed by atoms with van der Waals surface area (Å²) in [6, 6.07) is 3.22. The van der Waals surface area contributed by atoms with E-state index >= 15 is 0 Å². The molecule has 0 unspecified atom stereocenters. The number of halogens is 3. The molecule has 8 heteroatoms. The van der Waals surface area contributed by atoms with Crippen LogP contribution in [0.25, 0.3) is 0 Å². The number of benzene rings is 1. The SMILES string of the molecule is Cc1cc2c(cc1C(=O)NC(C)C)N(CCCCC(F)(F)F)C(=O)C(C)(C)O2. The van der Waals surface area contributed by atoms with Crippen molar-refractivity contribution in [2.24, 2.45) is 0 Å². The molecule has 0 aromatic heterocycles. The van der Waals surface area contributed by atoms with Crippen LogP contribution in [0.2, 0.25) is 0 Å². The fourth-order valence-electron chi connectivity index (χ4n) is 3.12. The van der Waals surface area contributed by atoms with E-state index in [2.05, 4.69) is 5.32 Å². The largest absolute Gasteiger partial charge is 0.476 e. The first-order valence-corrected chi connectivity index (χ1v) is 9.35. The maximum absolute atomic E-state index is 12.8. The normalized spacial score (nSPS) is 16.0. The molecule has 0 aliphatic carbocycles. The molecule has 1 heterocycles. The third kappa shape index (κ3) is 5.17. The highest BCUT2D eigenvalue weighted by Gasteiger charge is 2.41. The Balaban J connectivity index is 2.33. The summed E-state index contributed by atoms with van der Waals surface area (Å²) < 4.78 is 43.0. The summed E-state index contributed by atoms with van der Waals surface area (Å²) in [6.07, 6.45) is -4.98. The van der Waals surface area contributed by atoms with Gasteiger partial charge in [-0.1, -0.05) is 0 Å². The van der Waals surface area contributed by atoms with Gasteiger partial charge in [0.05, 0.1) is 5.69 Å². The first-order chi connectivity index (χ1) is 12.8. The van der Waals surface area contributed by atoms with E-state index in [1.165, 1.54) is 4.90 Å². The number of anilines is 1. The molecule has 1 aromatic rings. The fourth-order valence-corrected chi connectivity index (χ4v) is 3.12. The summed E-state index contributed by atoms with van der Waals surface area (Å²) in [4.78, 5) is 26.7. The molecular formula is C20H27F3N2O3. The minimum Gasteiger partial charge on any atom is -0.476 e. The van der Waals surface area contributed by atoms with E-state index in [0.717, 1.165) is 0 Å². The first-order valence-electron chi connectivity index (χ1n) is 9.35. The highest BCUT2D eigenvalue weighted by molar-refractivity contribution is 6.04. The van der Waals surface area contributed by atoms with Crippen molar-refractivity contribution in [2.45, 2.75) is 71.7 Å². The number of fused-ring (bicyclic) bond motifs is 1. The molecule has 0 bridgehead atoms. The summed E-state index contributed by atoms with van der Waals surface area (Å²) in [5, 5.41) is 2.81. The quantitative estimate of drug-likeness (QED) is 0.722. The van der Waals surface area contributed by atoms with E-state index in [9.17, 15) is 22.8 Å². The number of unbranched alkanes of at least 4 members (excludes halogenated alkanes) is 1. The molecule has 0 saturated heterocycles. The zero-order valence-corrected chi connectivity index (χ0v) is 16.9. The van der Waals surface area contributed by atoms with Crippen molar-refractivity contribution >= 4 is 17.5 Å². The summed E-state index contributed by atoms with van der Waals surface area (Å²) in [6.45, 7) is 8.83. The minimum absolute atomic E-state index is 0.0572. The van der Waals surface area contributed by atoms with E-state index < -0.39 is 18.2 Å². The van der Waals surface area contributed by atoms with Crippen molar-refractivity contribution in [3.8, 4) is 5.75 Å². The molecule has 1 aliphatic rings. The topological polar surface area (TPSA) is 58.6 Å². The number of alkyl halides is 3. The predicted octanol–water partition coefficient (Wildman–Crippen LogP) is 4.37. The Morgan fingerprint density at radius 3 is 2.46 bits per heavy atom. The van der Waals surface area contributed by atoms with Crippen molar-refractivity contribution in [3.63, 3.8) is 0 Å². The third-order valence-electron chi connectivity index (χ3n) is 4.48. The number of aryl methyl sites for hydroxylation is 1. The maximum Gasteiger partial charge on any atom is 0.389 e. The molecule has 0 spiro atoms. The van der Waals surface area contributed by atoms with Crippen LogP contribution in [0.3, 0.4) is 0 Å². The summed E-state index contributed by atoms with van der Waals surface area (Å²) in [5.41, 5.74) is 0.379. The lowest BCUT2D eigenvalue weighted by atomic mass is 9.99. The monoisotopic (exact) mass is 400 g/mol. The molecular weight excluding hydrogens is 373 g/mol. The van der Waals surface area contributed by atoms with Crippen LogP contribution in [0.1, 0.15) is 62.9 Å². The van der Waals surface area contributed by atoms with E-state index in [1.807, 2.05) is 13.8 Å². The Bertz CT molecular complexity index is 758. The van der Waals surface area contributed by atoms with Gasteiger partial charge >= 0.3 is 6.18 Å². The number of amides is 2. The molecule has 1 N–H and O–H groups in total. The van der Waals surface area contributed by atoms with Gasteiger partial charge < -0.3 is 15.0 Å². The molecule has 1 aliphatic heterocycles. The van der Waals surface area contributed by atoms with Gasteiger partial charge in [-0.05, 0) is 65.2 Å². The van der Waals surface area contributed by atoms with Gasteiger partial charge in [0.1, 0.15) is 5.75 Å². The first kappa shape index (κ1) is 22.0. The van der Waals surface area contributed by atoms with E-state index in [0.29, 0.717) is 22.6 Å². The fraction of sp³-hybridized carbons (Fsp3) is 0.600. The minimum atomic E-state index is -4.22. The maximum atomic E-state index is 12.8. The Hall–Kier alpha value is -2.25. The van der Waals surface area contributed by atoms with E-state index in [1.54, 1.807) is 32.9 Å². The average molecular weight is 400 g/mol. The molecule has 2 amide bonds. The molecule has 0 atom stereocenters. The highest BCUT2D eigenvalue weighted by Crippen LogP contribution is 2.40. The lowest BCUT2D eigenvalue weighted by Gasteiger charge is -2.39. The molecule has 2 rings (SSSR count). The zero-order valence-electron chi connectivity index (χ0n) is 16.9. The number of hydrogen-bond donors (Lipinski definition) is 1. The van der Waals surface area contributed by atoms with Gasteiger partial charge in [-0.25, -0.2) is 0 Å². The number of nitrogens with one attached hydrogen (secondary N) is 1. The second-order valence-electron chi connectivity index (χ2n) is 7.90. The van der Waals surface area contributed by atoms with Crippen LogP contribution in [-0.2, 0) is 4.79 Å². The van der Waals surface area contributed by atoms with Crippen LogP contribution in [0.15, 0.2) is 12.1 Å².